The van der Waals surface area contributed by atoms with Crippen molar-refractivity contribution >= 4 is 5.69 Å². The normalized spacial score (nSPS) is 11.7. The molecule has 19 heavy (non-hydrogen) atoms. The second-order valence-corrected chi connectivity index (χ2v) is 4.53. The van der Waals surface area contributed by atoms with Crippen LogP contribution in [0.3, 0.4) is 0 Å². The Morgan fingerprint density at radius 1 is 1.21 bits per heavy atom. The summed E-state index contributed by atoms with van der Waals surface area (Å²) < 4.78 is 13.2. The Bertz CT molecular complexity index is 629. The van der Waals surface area contributed by atoms with Crippen LogP contribution in [0.25, 0.3) is 0 Å². The van der Waals surface area contributed by atoms with Gasteiger partial charge in [-0.15, -0.1) is 0 Å². The molecule has 0 aliphatic heterocycles. The van der Waals surface area contributed by atoms with Crippen LogP contribution in [0, 0.1) is 24.1 Å². The fourth-order valence-electron chi connectivity index (χ4n) is 2.03. The first kappa shape index (κ1) is 13.1. The minimum Gasteiger partial charge on any atom is -0.377 e. The lowest BCUT2D eigenvalue weighted by Crippen LogP contribution is -2.09. The number of benzene rings is 2. The van der Waals surface area contributed by atoms with Gasteiger partial charge in [0.05, 0.1) is 11.3 Å². The minimum atomic E-state index is -0.253. The zero-order valence-corrected chi connectivity index (χ0v) is 10.9. The first-order valence-electron chi connectivity index (χ1n) is 6.13. The molecule has 2 aromatic rings. The van der Waals surface area contributed by atoms with Gasteiger partial charge in [0, 0.05) is 6.04 Å². The summed E-state index contributed by atoms with van der Waals surface area (Å²) in [6.45, 7) is 3.89. The SMILES string of the molecule is Cc1cccc(C#N)c1NC(C)c1cccc(F)c1. The molecular weight excluding hydrogens is 239 g/mol. The maximum Gasteiger partial charge on any atom is 0.123 e. The van der Waals surface area contributed by atoms with Gasteiger partial charge in [-0.1, -0.05) is 24.3 Å². The smallest absolute Gasteiger partial charge is 0.123 e. The molecular formula is C16H15FN2. The highest BCUT2D eigenvalue weighted by Crippen LogP contribution is 2.25. The molecule has 1 unspecified atom stereocenters. The highest BCUT2D eigenvalue weighted by Gasteiger charge is 2.10. The fourth-order valence-corrected chi connectivity index (χ4v) is 2.03. The number of nitriles is 1. The molecule has 96 valence electrons. The molecule has 0 saturated heterocycles. The molecule has 0 bridgehead atoms. The molecule has 0 saturated carbocycles. The van der Waals surface area contributed by atoms with E-state index in [0.29, 0.717) is 5.56 Å². The van der Waals surface area contributed by atoms with E-state index >= 15 is 0 Å². The maximum absolute atomic E-state index is 13.2. The number of hydrogen-bond acceptors (Lipinski definition) is 2. The molecule has 1 atom stereocenters. The van der Waals surface area contributed by atoms with Gasteiger partial charge in [-0.05, 0) is 43.2 Å². The molecule has 0 amide bonds. The van der Waals surface area contributed by atoms with Crippen LogP contribution in [0.2, 0.25) is 0 Å². The number of anilines is 1. The lowest BCUT2D eigenvalue weighted by atomic mass is 10.0. The molecule has 0 aliphatic rings. The third-order valence-corrected chi connectivity index (χ3v) is 3.10. The monoisotopic (exact) mass is 254 g/mol. The predicted molar refractivity (Wildman–Crippen MR) is 74.3 cm³/mol. The van der Waals surface area contributed by atoms with E-state index in [9.17, 15) is 4.39 Å². The van der Waals surface area contributed by atoms with Crippen molar-refractivity contribution in [2.24, 2.45) is 0 Å². The Labute approximate surface area is 112 Å². The Kier molecular flexibility index (Phi) is 3.82. The first-order chi connectivity index (χ1) is 9.11. The van der Waals surface area contributed by atoms with Crippen LogP contribution in [-0.2, 0) is 0 Å². The summed E-state index contributed by atoms with van der Waals surface area (Å²) in [6, 6.07) is 14.1. The number of rotatable bonds is 3. The molecule has 3 heteroatoms. The van der Waals surface area contributed by atoms with Crippen molar-refractivity contribution in [1.29, 1.82) is 5.26 Å². The summed E-state index contributed by atoms with van der Waals surface area (Å²) in [5, 5.41) is 12.4. The lowest BCUT2D eigenvalue weighted by molar-refractivity contribution is 0.623. The maximum atomic E-state index is 13.2. The lowest BCUT2D eigenvalue weighted by Gasteiger charge is -2.18. The van der Waals surface area contributed by atoms with Gasteiger partial charge in [-0.2, -0.15) is 5.26 Å². The van der Waals surface area contributed by atoms with Crippen LogP contribution in [0.15, 0.2) is 42.5 Å². The summed E-state index contributed by atoms with van der Waals surface area (Å²) in [5.74, 6) is -0.253. The average molecular weight is 254 g/mol. The van der Waals surface area contributed by atoms with Crippen LogP contribution >= 0.6 is 0 Å². The number of nitrogens with one attached hydrogen (secondary N) is 1. The molecule has 2 rings (SSSR count). The molecule has 0 spiro atoms. The third kappa shape index (κ3) is 2.92. The van der Waals surface area contributed by atoms with E-state index in [1.54, 1.807) is 12.1 Å². The number of para-hydroxylation sites is 1. The summed E-state index contributed by atoms with van der Waals surface area (Å²) in [5.41, 5.74) is 3.26. The Balaban J connectivity index is 2.29. The molecule has 1 N–H and O–H groups in total. The van der Waals surface area contributed by atoms with Crippen LogP contribution in [0.1, 0.15) is 29.7 Å². The van der Waals surface area contributed by atoms with Gasteiger partial charge in [-0.3, -0.25) is 0 Å². The highest BCUT2D eigenvalue weighted by molar-refractivity contribution is 5.63. The topological polar surface area (TPSA) is 35.8 Å². The molecule has 2 aromatic carbocycles. The van der Waals surface area contributed by atoms with Crippen LogP contribution in [-0.4, -0.2) is 0 Å². The summed E-state index contributed by atoms with van der Waals surface area (Å²) in [7, 11) is 0. The predicted octanol–water partition coefficient (Wildman–Crippen LogP) is 4.18. The van der Waals surface area contributed by atoms with Gasteiger partial charge >= 0.3 is 0 Å². The standard InChI is InChI=1S/C16H15FN2/c1-11-5-3-7-14(10-18)16(11)19-12(2)13-6-4-8-15(17)9-13/h3-9,12,19H,1-2H3. The minimum absolute atomic E-state index is 0.0658. The molecule has 0 aliphatic carbocycles. The quantitative estimate of drug-likeness (QED) is 0.891. The van der Waals surface area contributed by atoms with E-state index in [1.807, 2.05) is 32.0 Å². The van der Waals surface area contributed by atoms with Gasteiger partial charge in [0.1, 0.15) is 11.9 Å². The summed E-state index contributed by atoms with van der Waals surface area (Å²) in [4.78, 5) is 0. The van der Waals surface area contributed by atoms with Crippen molar-refractivity contribution in [1.82, 2.24) is 0 Å². The number of aryl methyl sites for hydroxylation is 1. The van der Waals surface area contributed by atoms with Crippen LogP contribution < -0.4 is 5.32 Å². The van der Waals surface area contributed by atoms with Crippen molar-refractivity contribution in [2.45, 2.75) is 19.9 Å². The van der Waals surface area contributed by atoms with Crippen LogP contribution in [0.5, 0.6) is 0 Å². The fraction of sp³-hybridized carbons (Fsp3) is 0.188. The Hall–Kier alpha value is -2.34. The van der Waals surface area contributed by atoms with E-state index in [2.05, 4.69) is 11.4 Å². The van der Waals surface area contributed by atoms with E-state index in [0.717, 1.165) is 16.8 Å². The average Bonchev–Trinajstić information content (AvgIpc) is 2.41. The first-order valence-corrected chi connectivity index (χ1v) is 6.13. The summed E-state index contributed by atoms with van der Waals surface area (Å²) >= 11 is 0. The van der Waals surface area contributed by atoms with Gasteiger partial charge < -0.3 is 5.32 Å². The van der Waals surface area contributed by atoms with Gasteiger partial charge in [0.15, 0.2) is 0 Å². The molecule has 2 nitrogen and oxygen atoms in total. The molecule has 0 radical (unpaired) electrons. The van der Waals surface area contributed by atoms with Crippen molar-refractivity contribution in [3.8, 4) is 6.07 Å². The van der Waals surface area contributed by atoms with Crippen molar-refractivity contribution in [2.75, 3.05) is 5.32 Å². The largest absolute Gasteiger partial charge is 0.377 e. The van der Waals surface area contributed by atoms with Crippen molar-refractivity contribution in [3.63, 3.8) is 0 Å². The Morgan fingerprint density at radius 2 is 1.95 bits per heavy atom. The second kappa shape index (κ2) is 5.53. The van der Waals surface area contributed by atoms with E-state index in [4.69, 9.17) is 5.26 Å². The van der Waals surface area contributed by atoms with Crippen LogP contribution in [0.4, 0.5) is 10.1 Å². The molecule has 0 fully saturated rings. The highest BCUT2D eigenvalue weighted by atomic mass is 19.1. The number of hydrogen-bond donors (Lipinski definition) is 1. The van der Waals surface area contributed by atoms with Crippen molar-refractivity contribution < 1.29 is 4.39 Å². The van der Waals surface area contributed by atoms with Gasteiger partial charge in [0.25, 0.3) is 0 Å². The van der Waals surface area contributed by atoms with Gasteiger partial charge in [-0.25, -0.2) is 4.39 Å². The van der Waals surface area contributed by atoms with E-state index < -0.39 is 0 Å². The zero-order chi connectivity index (χ0) is 13.8. The Morgan fingerprint density at radius 3 is 2.63 bits per heavy atom. The van der Waals surface area contributed by atoms with Crippen molar-refractivity contribution in [3.05, 3.63) is 65.0 Å². The molecule has 0 heterocycles. The van der Waals surface area contributed by atoms with Gasteiger partial charge in [0.2, 0.25) is 0 Å². The summed E-state index contributed by atoms with van der Waals surface area (Å²) in [6.07, 6.45) is 0. The molecule has 0 aromatic heterocycles. The number of nitrogens with zero attached hydrogens (tertiary/aromatic N) is 1. The van der Waals surface area contributed by atoms with E-state index in [-0.39, 0.29) is 11.9 Å². The third-order valence-electron chi connectivity index (χ3n) is 3.10. The number of halogens is 1. The van der Waals surface area contributed by atoms with E-state index in [1.165, 1.54) is 12.1 Å². The zero-order valence-electron chi connectivity index (χ0n) is 10.9. The second-order valence-electron chi connectivity index (χ2n) is 4.53.